The summed E-state index contributed by atoms with van der Waals surface area (Å²) in [5.74, 6) is 0.225. The summed E-state index contributed by atoms with van der Waals surface area (Å²) in [6.45, 7) is 0. The Morgan fingerprint density at radius 2 is 2.09 bits per heavy atom. The summed E-state index contributed by atoms with van der Waals surface area (Å²) in [7, 11) is 3.17. The third-order valence-corrected chi connectivity index (χ3v) is 4.47. The molecule has 0 saturated carbocycles. The number of carbonyl (C=O) groups is 1. The van der Waals surface area contributed by atoms with Gasteiger partial charge in [-0.1, -0.05) is 22.9 Å². The van der Waals surface area contributed by atoms with Crippen molar-refractivity contribution in [3.8, 4) is 0 Å². The molecule has 0 atom stereocenters. The van der Waals surface area contributed by atoms with Gasteiger partial charge in [-0.2, -0.15) is 0 Å². The maximum atomic E-state index is 11.8. The highest BCUT2D eigenvalue weighted by molar-refractivity contribution is 7.21. The minimum Gasteiger partial charge on any atom is -0.465 e. The number of hydrogen-bond acceptors (Lipinski definition) is 7. The number of hydrogen-bond donors (Lipinski definition) is 1. The number of fused-ring (bicyclic) bond motifs is 1. The number of nitrogens with zero attached hydrogens (tertiary/aromatic N) is 3. The van der Waals surface area contributed by atoms with Crippen LogP contribution >= 0.6 is 22.9 Å². The largest absolute Gasteiger partial charge is 0.465 e. The molecule has 2 N–H and O–H groups in total. The van der Waals surface area contributed by atoms with Gasteiger partial charge in [0.05, 0.1) is 17.7 Å². The van der Waals surface area contributed by atoms with Gasteiger partial charge in [0.15, 0.2) is 5.13 Å². The molecule has 0 bridgehead atoms. The smallest absolute Gasteiger partial charge is 0.339 e. The molecule has 8 heteroatoms. The quantitative estimate of drug-likeness (QED) is 0.730. The topological polar surface area (TPSA) is 81.3 Å². The van der Waals surface area contributed by atoms with E-state index >= 15 is 0 Å². The molecule has 0 aliphatic carbocycles. The molecule has 23 heavy (non-hydrogen) atoms. The second kappa shape index (κ2) is 6.02. The van der Waals surface area contributed by atoms with E-state index in [2.05, 4.69) is 9.97 Å². The summed E-state index contributed by atoms with van der Waals surface area (Å²) in [4.78, 5) is 23.1. The van der Waals surface area contributed by atoms with E-state index in [9.17, 15) is 4.79 Å². The maximum absolute atomic E-state index is 11.8. The number of aromatic nitrogens is 2. The van der Waals surface area contributed by atoms with Crippen molar-refractivity contribution in [2.45, 2.75) is 0 Å². The molecule has 118 valence electrons. The first-order valence-electron chi connectivity index (χ1n) is 6.64. The number of thiazole rings is 1. The van der Waals surface area contributed by atoms with E-state index in [0.29, 0.717) is 21.5 Å². The molecule has 0 aliphatic heterocycles. The van der Waals surface area contributed by atoms with Crippen molar-refractivity contribution in [3.05, 3.63) is 40.9 Å². The zero-order valence-corrected chi connectivity index (χ0v) is 14.0. The lowest BCUT2D eigenvalue weighted by Gasteiger charge is -2.19. The number of nitrogens with two attached hydrogens (primary N) is 1. The lowest BCUT2D eigenvalue weighted by molar-refractivity contribution is 0.0601. The van der Waals surface area contributed by atoms with Gasteiger partial charge >= 0.3 is 5.97 Å². The number of pyridine rings is 1. The van der Waals surface area contributed by atoms with Crippen molar-refractivity contribution in [3.63, 3.8) is 0 Å². The summed E-state index contributed by atoms with van der Waals surface area (Å²) >= 11 is 7.37. The minimum atomic E-state index is -0.483. The van der Waals surface area contributed by atoms with Crippen LogP contribution in [0.3, 0.4) is 0 Å². The zero-order valence-electron chi connectivity index (χ0n) is 12.4. The van der Waals surface area contributed by atoms with Gasteiger partial charge < -0.3 is 15.4 Å². The van der Waals surface area contributed by atoms with Gasteiger partial charge in [-0.25, -0.2) is 14.8 Å². The minimum absolute atomic E-state index is 0.307. The Bertz CT molecular complexity index is 896. The fourth-order valence-electron chi connectivity index (χ4n) is 2.13. The average Bonchev–Trinajstić information content (AvgIpc) is 2.93. The van der Waals surface area contributed by atoms with Crippen LogP contribution in [0.25, 0.3) is 10.3 Å². The fourth-order valence-corrected chi connectivity index (χ4v) is 3.03. The third-order valence-electron chi connectivity index (χ3n) is 3.34. The molecule has 0 spiro atoms. The second-order valence-corrected chi connectivity index (χ2v) is 6.18. The number of nitrogen functional groups attached to an aromatic ring is 1. The van der Waals surface area contributed by atoms with Gasteiger partial charge in [0, 0.05) is 12.7 Å². The number of rotatable bonds is 3. The van der Waals surface area contributed by atoms with Crippen LogP contribution in [0.1, 0.15) is 10.4 Å². The van der Waals surface area contributed by atoms with Crippen molar-refractivity contribution in [1.29, 1.82) is 0 Å². The first-order chi connectivity index (χ1) is 11.0. The van der Waals surface area contributed by atoms with Crippen molar-refractivity contribution in [2.24, 2.45) is 0 Å². The lowest BCUT2D eigenvalue weighted by Crippen LogP contribution is -2.12. The molecule has 0 saturated heterocycles. The molecule has 0 amide bonds. The Morgan fingerprint density at radius 1 is 1.30 bits per heavy atom. The summed E-state index contributed by atoms with van der Waals surface area (Å²) in [5.41, 5.74) is 7.53. The van der Waals surface area contributed by atoms with Crippen molar-refractivity contribution in [2.75, 3.05) is 24.8 Å². The molecule has 1 aromatic carbocycles. The van der Waals surface area contributed by atoms with E-state index in [0.717, 1.165) is 16.0 Å². The van der Waals surface area contributed by atoms with Crippen LogP contribution in [-0.2, 0) is 4.74 Å². The van der Waals surface area contributed by atoms with Gasteiger partial charge in [0.2, 0.25) is 0 Å². The zero-order chi connectivity index (χ0) is 16.6. The summed E-state index contributed by atoms with van der Waals surface area (Å²) in [5, 5.41) is 0.819. The number of halogens is 1. The Labute approximate surface area is 141 Å². The van der Waals surface area contributed by atoms with Gasteiger partial charge in [-0.15, -0.1) is 0 Å². The molecule has 6 nitrogen and oxygen atoms in total. The number of benzene rings is 1. The lowest BCUT2D eigenvalue weighted by atomic mass is 10.2. The Balaban J connectivity index is 2.00. The Kier molecular flexibility index (Phi) is 4.06. The number of esters is 1. The first kappa shape index (κ1) is 15.5. The first-order valence-corrected chi connectivity index (χ1v) is 7.83. The molecule has 0 fully saturated rings. The van der Waals surface area contributed by atoms with Crippen LogP contribution < -0.4 is 10.6 Å². The molecule has 3 rings (SSSR count). The third kappa shape index (κ3) is 2.93. The standard InChI is InChI=1S/C15H13ClN4O2S/c1-20(8-3-4-10(16)9(7-8)14(21)22-2)12-6-5-11-13(19-12)23-15(17)18-11/h3-7H,1-2H3,(H2,17,18). The monoisotopic (exact) mass is 348 g/mol. The van der Waals surface area contributed by atoms with Crippen molar-refractivity contribution in [1.82, 2.24) is 9.97 Å². The van der Waals surface area contributed by atoms with E-state index in [1.165, 1.54) is 18.4 Å². The summed E-state index contributed by atoms with van der Waals surface area (Å²) in [6.07, 6.45) is 0. The summed E-state index contributed by atoms with van der Waals surface area (Å²) < 4.78 is 4.74. The van der Waals surface area contributed by atoms with Gasteiger partial charge in [0.25, 0.3) is 0 Å². The number of carbonyl (C=O) groups excluding carboxylic acids is 1. The van der Waals surface area contributed by atoms with E-state index in [1.807, 2.05) is 30.1 Å². The molecule has 2 aromatic heterocycles. The number of anilines is 3. The molecular weight excluding hydrogens is 336 g/mol. The predicted molar refractivity (Wildman–Crippen MR) is 92.7 cm³/mol. The Morgan fingerprint density at radius 3 is 2.83 bits per heavy atom. The van der Waals surface area contributed by atoms with E-state index in [4.69, 9.17) is 22.1 Å². The average molecular weight is 349 g/mol. The van der Waals surface area contributed by atoms with Crippen LogP contribution in [-0.4, -0.2) is 30.1 Å². The normalized spacial score (nSPS) is 10.7. The van der Waals surface area contributed by atoms with Crippen molar-refractivity contribution >= 4 is 55.9 Å². The fraction of sp³-hybridized carbons (Fsp3) is 0.133. The van der Waals surface area contributed by atoms with Gasteiger partial charge in [0.1, 0.15) is 16.2 Å². The molecule has 0 unspecified atom stereocenters. The SMILES string of the molecule is COC(=O)c1cc(N(C)c2ccc3nc(N)sc3n2)ccc1Cl. The van der Waals surface area contributed by atoms with E-state index in [1.54, 1.807) is 12.1 Å². The second-order valence-electron chi connectivity index (χ2n) is 4.76. The van der Waals surface area contributed by atoms with Crippen LogP contribution in [0.4, 0.5) is 16.6 Å². The van der Waals surface area contributed by atoms with E-state index < -0.39 is 5.97 Å². The van der Waals surface area contributed by atoms with Crippen LogP contribution in [0.15, 0.2) is 30.3 Å². The number of ether oxygens (including phenoxy) is 1. The highest BCUT2D eigenvalue weighted by atomic mass is 35.5. The van der Waals surface area contributed by atoms with Crippen LogP contribution in [0, 0.1) is 0 Å². The van der Waals surface area contributed by atoms with E-state index in [-0.39, 0.29) is 0 Å². The summed E-state index contributed by atoms with van der Waals surface area (Å²) in [6, 6.07) is 8.83. The van der Waals surface area contributed by atoms with Crippen LogP contribution in [0.5, 0.6) is 0 Å². The molecular formula is C15H13ClN4O2S. The highest BCUT2D eigenvalue weighted by Gasteiger charge is 2.15. The van der Waals surface area contributed by atoms with Gasteiger partial charge in [-0.3, -0.25) is 0 Å². The molecule has 0 radical (unpaired) electrons. The maximum Gasteiger partial charge on any atom is 0.339 e. The van der Waals surface area contributed by atoms with Crippen molar-refractivity contribution < 1.29 is 9.53 Å². The molecule has 2 heterocycles. The Hall–Kier alpha value is -2.38. The number of methoxy groups -OCH3 is 1. The highest BCUT2D eigenvalue weighted by Crippen LogP contribution is 2.30. The molecule has 0 aliphatic rings. The predicted octanol–water partition coefficient (Wildman–Crippen LogP) is 3.48. The van der Waals surface area contributed by atoms with Crippen LogP contribution in [0.2, 0.25) is 5.02 Å². The van der Waals surface area contributed by atoms with Gasteiger partial charge in [-0.05, 0) is 30.3 Å². The molecule has 3 aromatic rings.